The van der Waals surface area contributed by atoms with Gasteiger partial charge in [0.05, 0.1) is 22.6 Å². The first kappa shape index (κ1) is 24.3. The summed E-state index contributed by atoms with van der Waals surface area (Å²) in [5.74, 6) is 0.733. The van der Waals surface area contributed by atoms with Crippen molar-refractivity contribution in [3.63, 3.8) is 0 Å². The van der Waals surface area contributed by atoms with E-state index in [1.165, 1.54) is 0 Å². The van der Waals surface area contributed by atoms with Gasteiger partial charge in [0.2, 0.25) is 5.91 Å². The topological polar surface area (TPSA) is 121 Å². The van der Waals surface area contributed by atoms with Gasteiger partial charge >= 0.3 is 6.15 Å². The molecular weight excluding hydrogens is 398 g/mol. The van der Waals surface area contributed by atoms with Crippen LogP contribution in [0.4, 0.5) is 5.69 Å². The molecule has 8 heteroatoms. The van der Waals surface area contributed by atoms with E-state index in [1.807, 2.05) is 52.0 Å². The number of nitrogens with two attached hydrogens (primary N) is 1. The second-order valence-electron chi connectivity index (χ2n) is 8.65. The van der Waals surface area contributed by atoms with Crippen molar-refractivity contribution in [3.05, 3.63) is 30.0 Å². The van der Waals surface area contributed by atoms with E-state index in [0.29, 0.717) is 5.69 Å². The van der Waals surface area contributed by atoms with Crippen molar-refractivity contribution in [2.75, 3.05) is 12.3 Å². The highest BCUT2D eigenvalue weighted by Gasteiger charge is 2.25. The predicted molar refractivity (Wildman–Crippen MR) is 116 cm³/mol. The quantitative estimate of drug-likeness (QED) is 0.749. The summed E-state index contributed by atoms with van der Waals surface area (Å²) in [6.45, 7) is 7.87. The number of aromatic nitrogens is 1. The SMILES string of the molecule is Cc1cc(N)c2c(OC3CCC(NC(=O)COC(C)(C)C)CC3)cccc2n1.O=C=O. The lowest BCUT2D eigenvalue weighted by Gasteiger charge is -2.30. The maximum Gasteiger partial charge on any atom is 0.373 e. The lowest BCUT2D eigenvalue weighted by molar-refractivity contribution is -0.191. The van der Waals surface area contributed by atoms with Crippen molar-refractivity contribution in [2.24, 2.45) is 0 Å². The van der Waals surface area contributed by atoms with E-state index in [4.69, 9.17) is 24.8 Å². The minimum Gasteiger partial charge on any atom is -0.490 e. The summed E-state index contributed by atoms with van der Waals surface area (Å²) in [5.41, 5.74) is 8.36. The Morgan fingerprint density at radius 3 is 2.48 bits per heavy atom. The van der Waals surface area contributed by atoms with Crippen LogP contribution in [0.15, 0.2) is 24.3 Å². The van der Waals surface area contributed by atoms with Crippen LogP contribution >= 0.6 is 0 Å². The van der Waals surface area contributed by atoms with Crippen LogP contribution in [-0.4, -0.2) is 41.4 Å². The average Bonchev–Trinajstić information content (AvgIpc) is 2.68. The van der Waals surface area contributed by atoms with Crippen LogP contribution in [0, 0.1) is 6.92 Å². The van der Waals surface area contributed by atoms with Crippen LogP contribution in [0.3, 0.4) is 0 Å². The molecule has 1 amide bonds. The van der Waals surface area contributed by atoms with Gasteiger partial charge in [0.1, 0.15) is 12.4 Å². The molecule has 3 N–H and O–H groups in total. The molecule has 1 aliphatic rings. The number of anilines is 1. The second kappa shape index (κ2) is 10.9. The van der Waals surface area contributed by atoms with Crippen molar-refractivity contribution in [2.45, 2.75) is 71.1 Å². The molecule has 1 saturated carbocycles. The molecule has 1 aromatic heterocycles. The zero-order chi connectivity index (χ0) is 23.0. The van der Waals surface area contributed by atoms with Crippen molar-refractivity contribution >= 4 is 28.6 Å². The normalized spacial score (nSPS) is 18.5. The van der Waals surface area contributed by atoms with Crippen LogP contribution in [0.2, 0.25) is 0 Å². The van der Waals surface area contributed by atoms with Crippen LogP contribution in [0.1, 0.15) is 52.1 Å². The van der Waals surface area contributed by atoms with Gasteiger partial charge in [0, 0.05) is 17.4 Å². The number of nitrogens with zero attached hydrogens (tertiary/aromatic N) is 1. The lowest BCUT2D eigenvalue weighted by atomic mass is 9.93. The number of carbonyl (C=O) groups is 1. The van der Waals surface area contributed by atoms with Gasteiger partial charge < -0.3 is 20.5 Å². The summed E-state index contributed by atoms with van der Waals surface area (Å²) < 4.78 is 11.8. The maximum atomic E-state index is 12.1. The molecule has 1 aromatic carbocycles. The van der Waals surface area contributed by atoms with Gasteiger partial charge in [-0.15, -0.1) is 0 Å². The number of carbonyl (C=O) groups excluding carboxylic acids is 3. The van der Waals surface area contributed by atoms with Crippen LogP contribution < -0.4 is 15.8 Å². The minimum atomic E-state index is -0.309. The Morgan fingerprint density at radius 2 is 1.87 bits per heavy atom. The van der Waals surface area contributed by atoms with E-state index >= 15 is 0 Å². The first-order valence-electron chi connectivity index (χ1n) is 10.4. The Labute approximate surface area is 182 Å². The van der Waals surface area contributed by atoms with Gasteiger partial charge in [-0.25, -0.2) is 0 Å². The van der Waals surface area contributed by atoms with Gasteiger partial charge in [-0.05, 0) is 71.6 Å². The molecule has 0 aliphatic heterocycles. The molecule has 1 heterocycles. The zero-order valence-electron chi connectivity index (χ0n) is 18.6. The number of hydrogen-bond acceptors (Lipinski definition) is 7. The molecule has 0 bridgehead atoms. The number of aryl methyl sites for hydroxylation is 1. The number of nitrogens with one attached hydrogen (secondary N) is 1. The predicted octanol–water partition coefficient (Wildman–Crippen LogP) is 3.16. The highest BCUT2D eigenvalue weighted by atomic mass is 16.5. The molecule has 0 radical (unpaired) electrons. The van der Waals surface area contributed by atoms with E-state index < -0.39 is 0 Å². The number of benzene rings is 1. The molecule has 8 nitrogen and oxygen atoms in total. The Hall–Kier alpha value is -2.96. The summed E-state index contributed by atoms with van der Waals surface area (Å²) in [5, 5.41) is 3.95. The smallest absolute Gasteiger partial charge is 0.373 e. The summed E-state index contributed by atoms with van der Waals surface area (Å²) >= 11 is 0. The first-order chi connectivity index (χ1) is 14.6. The molecule has 1 fully saturated rings. The molecule has 168 valence electrons. The van der Waals surface area contributed by atoms with Gasteiger partial charge in [0.25, 0.3) is 0 Å². The van der Waals surface area contributed by atoms with Crippen molar-refractivity contribution < 1.29 is 23.9 Å². The maximum absolute atomic E-state index is 12.1. The number of ether oxygens (including phenoxy) is 2. The van der Waals surface area contributed by atoms with E-state index in [-0.39, 0.29) is 36.4 Å². The lowest BCUT2D eigenvalue weighted by Crippen LogP contribution is -2.42. The van der Waals surface area contributed by atoms with E-state index in [0.717, 1.165) is 48.0 Å². The second-order valence-corrected chi connectivity index (χ2v) is 8.65. The van der Waals surface area contributed by atoms with Gasteiger partial charge in [-0.2, -0.15) is 9.59 Å². The Bertz CT molecular complexity index is 925. The van der Waals surface area contributed by atoms with Crippen molar-refractivity contribution in [3.8, 4) is 5.75 Å². The fourth-order valence-electron chi connectivity index (χ4n) is 3.58. The molecule has 31 heavy (non-hydrogen) atoms. The minimum absolute atomic E-state index is 0.0532. The van der Waals surface area contributed by atoms with Crippen molar-refractivity contribution in [1.29, 1.82) is 0 Å². The highest BCUT2D eigenvalue weighted by Crippen LogP contribution is 2.33. The van der Waals surface area contributed by atoms with Crippen LogP contribution in [0.25, 0.3) is 10.9 Å². The molecule has 2 aromatic rings. The molecule has 0 atom stereocenters. The number of pyridine rings is 1. The van der Waals surface area contributed by atoms with Crippen LogP contribution in [0.5, 0.6) is 5.75 Å². The van der Waals surface area contributed by atoms with Crippen LogP contribution in [-0.2, 0) is 19.1 Å². The fraction of sp³-hybridized carbons (Fsp3) is 0.522. The number of rotatable bonds is 5. The molecular formula is C23H31N3O5. The zero-order valence-corrected chi connectivity index (χ0v) is 18.6. The van der Waals surface area contributed by atoms with E-state index in [9.17, 15) is 4.79 Å². The van der Waals surface area contributed by atoms with Gasteiger partial charge in [-0.3, -0.25) is 9.78 Å². The molecule has 1 aliphatic carbocycles. The monoisotopic (exact) mass is 429 g/mol. The largest absolute Gasteiger partial charge is 0.490 e. The summed E-state index contributed by atoms with van der Waals surface area (Å²) in [6.07, 6.45) is 3.93. The summed E-state index contributed by atoms with van der Waals surface area (Å²) in [7, 11) is 0. The van der Waals surface area contributed by atoms with E-state index in [2.05, 4.69) is 10.3 Å². The molecule has 0 saturated heterocycles. The van der Waals surface area contributed by atoms with Crippen molar-refractivity contribution in [1.82, 2.24) is 10.3 Å². The highest BCUT2D eigenvalue weighted by molar-refractivity contribution is 5.95. The average molecular weight is 430 g/mol. The Balaban J connectivity index is 0.00000107. The number of nitrogen functional groups attached to an aromatic ring is 1. The molecule has 3 rings (SSSR count). The first-order valence-corrected chi connectivity index (χ1v) is 10.4. The molecule has 0 spiro atoms. The van der Waals surface area contributed by atoms with E-state index in [1.54, 1.807) is 0 Å². The number of amides is 1. The third kappa shape index (κ3) is 7.66. The third-order valence-corrected chi connectivity index (χ3v) is 4.92. The standard InChI is InChI=1S/C22H31N3O3.CO2/c1-14-12-17(23)21-18(24-14)6-5-7-19(21)28-16-10-8-15(9-11-16)25-20(26)13-27-22(2,3)4;2-1-3/h5-7,12,15-16H,8-11,13H2,1-4H3,(H2,23,24)(H,25,26);. The Kier molecular flexibility index (Phi) is 8.54. The molecule has 0 unspecified atom stereocenters. The number of hydrogen-bond donors (Lipinski definition) is 2. The fourth-order valence-corrected chi connectivity index (χ4v) is 3.58. The summed E-state index contributed by atoms with van der Waals surface area (Å²) in [6, 6.07) is 7.91. The summed E-state index contributed by atoms with van der Waals surface area (Å²) in [4.78, 5) is 32.9. The number of fused-ring (bicyclic) bond motifs is 1. The van der Waals surface area contributed by atoms with Gasteiger partial charge in [0.15, 0.2) is 0 Å². The van der Waals surface area contributed by atoms with Gasteiger partial charge in [-0.1, -0.05) is 6.07 Å². The Morgan fingerprint density at radius 1 is 1.23 bits per heavy atom. The third-order valence-electron chi connectivity index (χ3n) is 4.92.